The Balaban J connectivity index is 1.46. The van der Waals surface area contributed by atoms with Gasteiger partial charge in [0.2, 0.25) is 0 Å². The van der Waals surface area contributed by atoms with Gasteiger partial charge < -0.3 is 9.62 Å². The fourth-order valence-corrected chi connectivity index (χ4v) is 3.08. The van der Waals surface area contributed by atoms with Crippen molar-refractivity contribution in [3.63, 3.8) is 0 Å². The zero-order valence-corrected chi connectivity index (χ0v) is 17.6. The number of carbonyl (C=O) groups excluding carboxylic acids is 1. The zero-order chi connectivity index (χ0) is 21.2. The van der Waals surface area contributed by atoms with Crippen molar-refractivity contribution in [1.29, 1.82) is 0 Å². The fourth-order valence-electron chi connectivity index (χ4n) is 3.08. The Labute approximate surface area is 178 Å². The van der Waals surface area contributed by atoms with Crippen molar-refractivity contribution in [2.45, 2.75) is 46.1 Å². The summed E-state index contributed by atoms with van der Waals surface area (Å²) in [6.07, 6.45) is 4.30. The van der Waals surface area contributed by atoms with Gasteiger partial charge in [0.1, 0.15) is 12.4 Å². The van der Waals surface area contributed by atoms with Crippen molar-refractivity contribution in [2.24, 2.45) is 0 Å². The van der Waals surface area contributed by atoms with E-state index in [9.17, 15) is 4.79 Å². The maximum absolute atomic E-state index is 12.3. The van der Waals surface area contributed by atoms with E-state index >= 15 is 0 Å². The number of aryl methyl sites for hydroxylation is 2. The van der Waals surface area contributed by atoms with E-state index in [1.54, 1.807) is 36.4 Å². The highest BCUT2D eigenvalue weighted by atomic mass is 17.2. The van der Waals surface area contributed by atoms with Gasteiger partial charge in [0.15, 0.2) is 5.75 Å². The normalized spacial score (nSPS) is 10.6. The van der Waals surface area contributed by atoms with Crippen LogP contribution in [0.15, 0.2) is 72.8 Å². The van der Waals surface area contributed by atoms with Crippen molar-refractivity contribution in [2.75, 3.05) is 0 Å². The summed E-state index contributed by atoms with van der Waals surface area (Å²) in [6, 6.07) is 22.6. The molecule has 3 rings (SSSR count). The molecule has 0 radical (unpaired) electrons. The molecule has 0 unspecified atom stereocenters. The molecular weight excluding hydrogens is 376 g/mol. The van der Waals surface area contributed by atoms with Crippen molar-refractivity contribution in [1.82, 2.24) is 0 Å². The molecule has 0 N–H and O–H groups in total. The second-order valence-corrected chi connectivity index (χ2v) is 7.22. The minimum atomic E-state index is -0.380. The first-order chi connectivity index (χ1) is 14.7. The summed E-state index contributed by atoms with van der Waals surface area (Å²) in [6.45, 7) is 4.66. The van der Waals surface area contributed by atoms with Gasteiger partial charge in [-0.05, 0) is 65.9 Å². The van der Waals surface area contributed by atoms with Gasteiger partial charge >= 0.3 is 5.97 Å². The van der Waals surface area contributed by atoms with Gasteiger partial charge in [-0.15, -0.1) is 0 Å². The lowest BCUT2D eigenvalue weighted by Crippen LogP contribution is -2.08. The van der Waals surface area contributed by atoms with Gasteiger partial charge in [-0.1, -0.05) is 63.1 Å². The Morgan fingerprint density at radius 3 is 1.73 bits per heavy atom. The first kappa shape index (κ1) is 21.6. The molecule has 0 aliphatic rings. The SMILES string of the molecule is CCCc1ccc(COOc2ccc(OC(=O)c3ccc(CCC)cc3)cc2)cc1. The van der Waals surface area contributed by atoms with E-state index in [0.29, 0.717) is 23.7 Å². The molecule has 3 aromatic carbocycles. The summed E-state index contributed by atoms with van der Waals surface area (Å²) in [5.41, 5.74) is 4.12. The maximum atomic E-state index is 12.3. The minimum Gasteiger partial charge on any atom is -0.423 e. The largest absolute Gasteiger partial charge is 0.423 e. The zero-order valence-electron chi connectivity index (χ0n) is 17.6. The number of rotatable bonds is 10. The lowest BCUT2D eigenvalue weighted by atomic mass is 10.1. The lowest BCUT2D eigenvalue weighted by Gasteiger charge is -2.08. The Hall–Kier alpha value is -3.11. The number of hydrogen-bond donors (Lipinski definition) is 0. The summed E-state index contributed by atoms with van der Waals surface area (Å²) in [5.74, 6) is 0.618. The molecule has 156 valence electrons. The Bertz CT molecular complexity index is 913. The van der Waals surface area contributed by atoms with Gasteiger partial charge in [0.05, 0.1) is 5.56 Å². The highest BCUT2D eigenvalue weighted by molar-refractivity contribution is 5.91. The summed E-state index contributed by atoms with van der Waals surface area (Å²) in [4.78, 5) is 22.9. The van der Waals surface area contributed by atoms with E-state index in [4.69, 9.17) is 14.5 Å². The predicted octanol–water partition coefficient (Wildman–Crippen LogP) is 6.32. The first-order valence-electron chi connectivity index (χ1n) is 10.5. The Morgan fingerprint density at radius 1 is 0.667 bits per heavy atom. The molecule has 4 heteroatoms. The van der Waals surface area contributed by atoms with E-state index in [1.807, 2.05) is 24.3 Å². The molecule has 0 bridgehead atoms. The quantitative estimate of drug-likeness (QED) is 0.172. The van der Waals surface area contributed by atoms with E-state index < -0.39 is 0 Å². The molecule has 0 spiro atoms. The number of carbonyl (C=O) groups is 1. The van der Waals surface area contributed by atoms with E-state index in [0.717, 1.165) is 31.2 Å². The van der Waals surface area contributed by atoms with Crippen LogP contribution in [0.25, 0.3) is 0 Å². The Morgan fingerprint density at radius 2 is 1.17 bits per heavy atom. The van der Waals surface area contributed by atoms with Crippen LogP contribution in [-0.2, 0) is 24.3 Å². The molecule has 4 nitrogen and oxygen atoms in total. The third-order valence-electron chi connectivity index (χ3n) is 4.70. The van der Waals surface area contributed by atoms with E-state index in [1.165, 1.54) is 11.1 Å². The van der Waals surface area contributed by atoms with Crippen LogP contribution in [0.3, 0.4) is 0 Å². The lowest BCUT2D eigenvalue weighted by molar-refractivity contribution is -0.217. The highest BCUT2D eigenvalue weighted by Gasteiger charge is 2.09. The average Bonchev–Trinajstić information content (AvgIpc) is 2.77. The topological polar surface area (TPSA) is 44.8 Å². The minimum absolute atomic E-state index is 0.358. The van der Waals surface area contributed by atoms with Crippen molar-refractivity contribution >= 4 is 5.97 Å². The number of esters is 1. The van der Waals surface area contributed by atoms with E-state index in [-0.39, 0.29) is 5.97 Å². The van der Waals surface area contributed by atoms with Gasteiger partial charge in [-0.25, -0.2) is 4.79 Å². The van der Waals surface area contributed by atoms with Gasteiger partial charge in [0, 0.05) is 0 Å². The third kappa shape index (κ3) is 6.46. The molecule has 0 saturated heterocycles. The van der Waals surface area contributed by atoms with Crippen LogP contribution in [0.4, 0.5) is 0 Å². The smallest absolute Gasteiger partial charge is 0.343 e. The molecule has 0 aromatic heterocycles. The van der Waals surface area contributed by atoms with Gasteiger partial charge in [-0.3, -0.25) is 0 Å². The molecule has 0 atom stereocenters. The van der Waals surface area contributed by atoms with E-state index in [2.05, 4.69) is 26.0 Å². The summed E-state index contributed by atoms with van der Waals surface area (Å²) < 4.78 is 5.42. The monoisotopic (exact) mass is 404 g/mol. The van der Waals surface area contributed by atoms with Crippen LogP contribution in [0.1, 0.15) is 53.7 Å². The summed E-state index contributed by atoms with van der Waals surface area (Å²) in [5, 5.41) is 0. The van der Waals surface area contributed by atoms with Crippen LogP contribution in [0.5, 0.6) is 11.5 Å². The summed E-state index contributed by atoms with van der Waals surface area (Å²) in [7, 11) is 0. The van der Waals surface area contributed by atoms with Crippen LogP contribution in [0.2, 0.25) is 0 Å². The number of hydrogen-bond acceptors (Lipinski definition) is 4. The van der Waals surface area contributed by atoms with Crippen molar-refractivity contribution < 1.29 is 19.3 Å². The molecule has 0 aliphatic heterocycles. The molecule has 0 heterocycles. The van der Waals surface area contributed by atoms with Crippen LogP contribution in [0, 0.1) is 0 Å². The highest BCUT2D eigenvalue weighted by Crippen LogP contribution is 2.20. The standard InChI is InChI=1S/C26H28O4/c1-3-5-20-7-9-22(10-8-20)19-28-30-25-17-15-24(16-18-25)29-26(27)23-13-11-21(6-4-2)12-14-23/h7-18H,3-6,19H2,1-2H3. The molecule has 3 aromatic rings. The van der Waals surface area contributed by atoms with Crippen molar-refractivity contribution in [3.05, 3.63) is 95.1 Å². The average molecular weight is 405 g/mol. The maximum Gasteiger partial charge on any atom is 0.343 e. The number of benzene rings is 3. The molecule has 0 saturated carbocycles. The van der Waals surface area contributed by atoms with Gasteiger partial charge in [-0.2, -0.15) is 4.89 Å². The first-order valence-corrected chi connectivity index (χ1v) is 10.5. The molecular formula is C26H28O4. The second kappa shape index (κ2) is 11.2. The second-order valence-electron chi connectivity index (χ2n) is 7.22. The van der Waals surface area contributed by atoms with Crippen LogP contribution >= 0.6 is 0 Å². The van der Waals surface area contributed by atoms with Crippen molar-refractivity contribution in [3.8, 4) is 11.5 Å². The molecule has 0 fully saturated rings. The third-order valence-corrected chi connectivity index (χ3v) is 4.70. The molecule has 0 amide bonds. The fraction of sp³-hybridized carbons (Fsp3) is 0.269. The molecule has 30 heavy (non-hydrogen) atoms. The summed E-state index contributed by atoms with van der Waals surface area (Å²) >= 11 is 0. The predicted molar refractivity (Wildman–Crippen MR) is 118 cm³/mol. The Kier molecular flexibility index (Phi) is 8.04. The van der Waals surface area contributed by atoms with Crippen LogP contribution < -0.4 is 9.62 Å². The van der Waals surface area contributed by atoms with Gasteiger partial charge in [0.25, 0.3) is 0 Å². The number of ether oxygens (including phenoxy) is 1. The van der Waals surface area contributed by atoms with Crippen LogP contribution in [-0.4, -0.2) is 5.97 Å². The molecule has 0 aliphatic carbocycles.